The summed E-state index contributed by atoms with van der Waals surface area (Å²) < 4.78 is 40.6. The number of nitrogens with one attached hydrogen (secondary N) is 2. The molecule has 0 radical (unpaired) electrons. The first-order valence-corrected chi connectivity index (χ1v) is 11.0. The summed E-state index contributed by atoms with van der Waals surface area (Å²) in [6.45, 7) is 0.709. The van der Waals surface area contributed by atoms with Gasteiger partial charge in [-0.3, -0.25) is 9.20 Å². The molecule has 1 aliphatic rings. The second kappa shape index (κ2) is 8.07. The molecule has 2 N–H and O–H groups in total. The first-order valence-electron chi connectivity index (χ1n) is 10.1. The summed E-state index contributed by atoms with van der Waals surface area (Å²) >= 11 is 1.61. The van der Waals surface area contributed by atoms with Gasteiger partial charge in [0.1, 0.15) is 0 Å². The predicted octanol–water partition coefficient (Wildman–Crippen LogP) is 5.31. The van der Waals surface area contributed by atoms with Crippen molar-refractivity contribution in [2.75, 3.05) is 5.32 Å². The lowest BCUT2D eigenvalue weighted by atomic mass is 10.1. The molecule has 0 spiro atoms. The van der Waals surface area contributed by atoms with Gasteiger partial charge in [0.2, 0.25) is 0 Å². The van der Waals surface area contributed by atoms with Gasteiger partial charge in [-0.05, 0) is 42.3 Å². The van der Waals surface area contributed by atoms with Gasteiger partial charge in [0, 0.05) is 47.5 Å². The number of alkyl halides is 3. The third kappa shape index (κ3) is 4.39. The number of thiazole rings is 1. The van der Waals surface area contributed by atoms with Crippen molar-refractivity contribution in [3.63, 3.8) is 0 Å². The number of fused-ring (bicyclic) bond motifs is 1. The molecule has 5 rings (SSSR count). The average molecular weight is 456 g/mol. The predicted molar refractivity (Wildman–Crippen MR) is 117 cm³/mol. The molecule has 164 valence electrons. The maximum absolute atomic E-state index is 12.9. The van der Waals surface area contributed by atoms with Crippen LogP contribution in [0.1, 0.15) is 39.5 Å². The molecule has 2 aromatic heterocycles. The van der Waals surface area contributed by atoms with Crippen LogP contribution in [0, 0.1) is 0 Å². The van der Waals surface area contributed by atoms with Crippen molar-refractivity contribution >= 4 is 27.9 Å². The van der Waals surface area contributed by atoms with E-state index in [2.05, 4.69) is 15.6 Å². The van der Waals surface area contributed by atoms with Crippen LogP contribution in [0.2, 0.25) is 0 Å². The maximum Gasteiger partial charge on any atom is 0.416 e. The average Bonchev–Trinajstić information content (AvgIpc) is 3.24. The number of aromatic nitrogens is 2. The Morgan fingerprint density at radius 2 is 2.00 bits per heavy atom. The van der Waals surface area contributed by atoms with E-state index in [0.29, 0.717) is 24.2 Å². The molecular formula is C23H19F3N4OS. The van der Waals surface area contributed by atoms with Crippen molar-refractivity contribution in [2.45, 2.75) is 31.1 Å². The third-order valence-corrected chi connectivity index (χ3v) is 6.30. The van der Waals surface area contributed by atoms with E-state index in [0.717, 1.165) is 34.8 Å². The number of rotatable bonds is 6. The molecule has 4 aromatic rings. The molecule has 0 saturated heterocycles. The number of imidazole rings is 1. The summed E-state index contributed by atoms with van der Waals surface area (Å²) in [4.78, 5) is 17.9. The van der Waals surface area contributed by atoms with Crippen LogP contribution in [-0.2, 0) is 12.7 Å². The second-order valence-electron chi connectivity index (χ2n) is 7.81. The molecule has 1 amide bonds. The highest BCUT2D eigenvalue weighted by molar-refractivity contribution is 7.15. The zero-order valence-corrected chi connectivity index (χ0v) is 17.6. The summed E-state index contributed by atoms with van der Waals surface area (Å²) in [5.74, 6) is -0.179. The Balaban J connectivity index is 1.16. The fraction of sp³-hybridized carbons (Fsp3) is 0.217. The molecule has 32 heavy (non-hydrogen) atoms. The van der Waals surface area contributed by atoms with Gasteiger partial charge in [-0.2, -0.15) is 13.2 Å². The van der Waals surface area contributed by atoms with Gasteiger partial charge in [0.25, 0.3) is 5.91 Å². The molecule has 0 bridgehead atoms. The minimum Gasteiger partial charge on any atom is -0.322 e. The molecule has 2 heterocycles. The van der Waals surface area contributed by atoms with Crippen LogP contribution in [0.4, 0.5) is 18.9 Å². The van der Waals surface area contributed by atoms with Crippen LogP contribution in [-0.4, -0.2) is 21.3 Å². The zero-order valence-electron chi connectivity index (χ0n) is 16.8. The molecule has 1 aliphatic carbocycles. The van der Waals surface area contributed by atoms with Crippen LogP contribution in [0.25, 0.3) is 4.96 Å². The van der Waals surface area contributed by atoms with Crippen molar-refractivity contribution in [1.82, 2.24) is 14.7 Å². The van der Waals surface area contributed by atoms with Crippen molar-refractivity contribution in [3.05, 3.63) is 88.7 Å². The highest BCUT2D eigenvalue weighted by atomic mass is 32.1. The smallest absolute Gasteiger partial charge is 0.322 e. The monoisotopic (exact) mass is 456 g/mol. The summed E-state index contributed by atoms with van der Waals surface area (Å²) in [5.41, 5.74) is 1.83. The number of hydrogen-bond acceptors (Lipinski definition) is 4. The number of anilines is 1. The van der Waals surface area contributed by atoms with Crippen LogP contribution in [0.5, 0.6) is 0 Å². The summed E-state index contributed by atoms with van der Waals surface area (Å²) in [5, 5.41) is 8.19. The number of nitrogens with zero attached hydrogens (tertiary/aromatic N) is 2. The number of carbonyl (C=O) groups excluding carboxylic acids is 1. The number of amides is 1. The number of carbonyl (C=O) groups is 1. The van der Waals surface area contributed by atoms with Crippen LogP contribution < -0.4 is 10.6 Å². The van der Waals surface area contributed by atoms with Crippen LogP contribution in [0.3, 0.4) is 0 Å². The summed E-state index contributed by atoms with van der Waals surface area (Å²) in [7, 11) is 0. The van der Waals surface area contributed by atoms with Crippen LogP contribution in [0.15, 0.2) is 66.3 Å². The Labute approximate surface area is 185 Å². The zero-order chi connectivity index (χ0) is 22.3. The second-order valence-corrected chi connectivity index (χ2v) is 8.68. The Hall–Kier alpha value is -3.17. The van der Waals surface area contributed by atoms with Crippen molar-refractivity contribution in [2.24, 2.45) is 0 Å². The minimum absolute atomic E-state index is 0.0329. The number of halogens is 3. The summed E-state index contributed by atoms with van der Waals surface area (Å²) in [6, 6.07) is 12.2. The van der Waals surface area contributed by atoms with E-state index in [1.165, 1.54) is 12.1 Å². The van der Waals surface area contributed by atoms with Gasteiger partial charge >= 0.3 is 6.18 Å². The molecule has 2 aromatic carbocycles. The lowest BCUT2D eigenvalue weighted by molar-refractivity contribution is -0.137. The van der Waals surface area contributed by atoms with Gasteiger partial charge in [0.05, 0.1) is 11.3 Å². The maximum atomic E-state index is 12.9. The van der Waals surface area contributed by atoms with Crippen molar-refractivity contribution in [1.29, 1.82) is 0 Å². The van der Waals surface area contributed by atoms with Crippen molar-refractivity contribution in [3.8, 4) is 0 Å². The van der Waals surface area contributed by atoms with E-state index in [1.807, 2.05) is 34.3 Å². The Kier molecular flexibility index (Phi) is 5.22. The van der Waals surface area contributed by atoms with Crippen molar-refractivity contribution < 1.29 is 18.0 Å². The lowest BCUT2D eigenvalue weighted by Gasteiger charge is -2.10. The molecule has 1 saturated carbocycles. The number of benzene rings is 2. The molecule has 9 heteroatoms. The molecule has 1 fully saturated rings. The Morgan fingerprint density at radius 3 is 2.75 bits per heavy atom. The van der Waals surface area contributed by atoms with Gasteiger partial charge in [-0.1, -0.05) is 18.2 Å². The van der Waals surface area contributed by atoms with E-state index >= 15 is 0 Å². The normalized spacial score (nSPS) is 18.1. The minimum atomic E-state index is -4.49. The first kappa shape index (κ1) is 20.7. The van der Waals surface area contributed by atoms with Gasteiger partial charge in [0.15, 0.2) is 4.96 Å². The highest BCUT2D eigenvalue weighted by Gasteiger charge is 2.37. The summed E-state index contributed by atoms with van der Waals surface area (Å²) in [6.07, 6.45) is 0.556. The Morgan fingerprint density at radius 1 is 1.19 bits per heavy atom. The van der Waals surface area contributed by atoms with E-state index in [-0.39, 0.29) is 5.56 Å². The van der Waals surface area contributed by atoms with Gasteiger partial charge in [-0.15, -0.1) is 11.3 Å². The SMILES string of the molecule is O=C(Nc1ccc([C@@H]2C[C@H]2NCc2cn3ccsc3n2)cc1)c1cccc(C(F)(F)F)c1. The van der Waals surface area contributed by atoms with E-state index in [1.54, 1.807) is 23.5 Å². The molecule has 0 aliphatic heterocycles. The fourth-order valence-corrected chi connectivity index (χ4v) is 4.46. The number of hydrogen-bond donors (Lipinski definition) is 2. The fourth-order valence-electron chi connectivity index (χ4n) is 3.74. The van der Waals surface area contributed by atoms with Gasteiger partial charge < -0.3 is 10.6 Å². The first-order chi connectivity index (χ1) is 15.4. The lowest BCUT2D eigenvalue weighted by Crippen LogP contribution is -2.17. The molecule has 0 unspecified atom stereocenters. The quantitative estimate of drug-likeness (QED) is 0.413. The standard InChI is InChI=1S/C23H19F3N4OS/c24-23(25,26)16-3-1-2-15(10-16)21(31)28-17-6-4-14(5-7-17)19-11-20(19)27-12-18-13-30-8-9-32-22(30)29-18/h1-10,13,19-20,27H,11-12H2,(H,28,31)/t19-,20+/m0/s1. The molecular weight excluding hydrogens is 437 g/mol. The van der Waals surface area contributed by atoms with Crippen LogP contribution >= 0.6 is 11.3 Å². The van der Waals surface area contributed by atoms with E-state index < -0.39 is 17.6 Å². The largest absolute Gasteiger partial charge is 0.416 e. The highest BCUT2D eigenvalue weighted by Crippen LogP contribution is 2.41. The third-order valence-electron chi connectivity index (χ3n) is 5.53. The van der Waals surface area contributed by atoms with E-state index in [9.17, 15) is 18.0 Å². The molecule has 2 atom stereocenters. The molecule has 5 nitrogen and oxygen atoms in total. The van der Waals surface area contributed by atoms with Gasteiger partial charge in [-0.25, -0.2) is 4.98 Å². The topological polar surface area (TPSA) is 58.4 Å². The van der Waals surface area contributed by atoms with E-state index in [4.69, 9.17) is 0 Å². The Bertz CT molecular complexity index is 1230.